The lowest BCUT2D eigenvalue weighted by atomic mass is 10.0. The molecule has 0 aromatic heterocycles. The van der Waals surface area contributed by atoms with Crippen LogP contribution in [0.15, 0.2) is 12.1 Å². The van der Waals surface area contributed by atoms with Gasteiger partial charge in [0.15, 0.2) is 0 Å². The second-order valence-electron chi connectivity index (χ2n) is 3.54. The zero-order valence-corrected chi connectivity index (χ0v) is 10.8. The van der Waals surface area contributed by atoms with Crippen molar-refractivity contribution in [1.29, 1.82) is 0 Å². The average Bonchev–Trinajstić information content (AvgIpc) is 2.19. The van der Waals surface area contributed by atoms with Crippen LogP contribution in [0, 0.1) is 0 Å². The first kappa shape index (κ1) is 13.1. The lowest BCUT2D eigenvalue weighted by Gasteiger charge is -2.14. The van der Waals surface area contributed by atoms with Crippen molar-refractivity contribution in [3.05, 3.63) is 32.8 Å². The maximum atomic E-state index is 6.07. The van der Waals surface area contributed by atoms with Crippen molar-refractivity contribution in [2.75, 3.05) is 0 Å². The van der Waals surface area contributed by atoms with Crippen LogP contribution in [0.2, 0.25) is 15.1 Å². The fraction of sp³-hybridized carbons (Fsp3) is 0.455. The smallest absolute Gasteiger partial charge is 0.0641 e. The third-order valence-corrected chi connectivity index (χ3v) is 3.32. The Bertz CT molecular complexity index is 339. The third-order valence-electron chi connectivity index (χ3n) is 2.29. The SMILES string of the molecule is CCCC[C@H](N)c1cc(Cl)cc(Cl)c1Cl. The summed E-state index contributed by atoms with van der Waals surface area (Å²) in [6.45, 7) is 2.12. The van der Waals surface area contributed by atoms with Crippen LogP contribution in [0.5, 0.6) is 0 Å². The minimum absolute atomic E-state index is 0.0892. The van der Waals surface area contributed by atoms with Gasteiger partial charge >= 0.3 is 0 Å². The van der Waals surface area contributed by atoms with E-state index in [0.29, 0.717) is 15.1 Å². The lowest BCUT2D eigenvalue weighted by molar-refractivity contribution is 0.603. The molecule has 0 spiro atoms. The highest BCUT2D eigenvalue weighted by Crippen LogP contribution is 2.34. The standard InChI is InChI=1S/C11H14Cl3N/c1-2-3-4-10(15)8-5-7(12)6-9(13)11(8)14/h5-6,10H,2-4,15H2,1H3/t10-/m0/s1. The molecule has 2 N–H and O–H groups in total. The van der Waals surface area contributed by atoms with Crippen LogP contribution in [0.1, 0.15) is 37.8 Å². The maximum absolute atomic E-state index is 6.07. The fourth-order valence-electron chi connectivity index (χ4n) is 1.43. The first-order valence-corrected chi connectivity index (χ1v) is 6.09. The van der Waals surface area contributed by atoms with Gasteiger partial charge in [-0.3, -0.25) is 0 Å². The van der Waals surface area contributed by atoms with Gasteiger partial charge in [-0.2, -0.15) is 0 Å². The van der Waals surface area contributed by atoms with Crippen LogP contribution in [0.3, 0.4) is 0 Å². The summed E-state index contributed by atoms with van der Waals surface area (Å²) in [4.78, 5) is 0. The van der Waals surface area contributed by atoms with E-state index in [4.69, 9.17) is 40.5 Å². The number of nitrogens with two attached hydrogens (primary N) is 1. The highest BCUT2D eigenvalue weighted by molar-refractivity contribution is 6.43. The summed E-state index contributed by atoms with van der Waals surface area (Å²) in [5, 5.41) is 1.56. The van der Waals surface area contributed by atoms with Crippen molar-refractivity contribution in [3.63, 3.8) is 0 Å². The van der Waals surface area contributed by atoms with E-state index in [1.54, 1.807) is 12.1 Å². The minimum Gasteiger partial charge on any atom is -0.324 e. The van der Waals surface area contributed by atoms with E-state index in [2.05, 4.69) is 6.92 Å². The number of halogens is 3. The van der Waals surface area contributed by atoms with E-state index in [9.17, 15) is 0 Å². The van der Waals surface area contributed by atoms with Gasteiger partial charge in [-0.1, -0.05) is 54.6 Å². The largest absolute Gasteiger partial charge is 0.324 e. The zero-order chi connectivity index (χ0) is 11.4. The molecule has 0 heterocycles. The monoisotopic (exact) mass is 265 g/mol. The summed E-state index contributed by atoms with van der Waals surface area (Å²) in [5.74, 6) is 0. The van der Waals surface area contributed by atoms with E-state index >= 15 is 0 Å². The van der Waals surface area contributed by atoms with Crippen LogP contribution >= 0.6 is 34.8 Å². The molecule has 0 bridgehead atoms. The van der Waals surface area contributed by atoms with Crippen molar-refractivity contribution < 1.29 is 0 Å². The number of benzene rings is 1. The summed E-state index contributed by atoms with van der Waals surface area (Å²) < 4.78 is 0. The van der Waals surface area contributed by atoms with Crippen molar-refractivity contribution in [2.45, 2.75) is 32.2 Å². The molecule has 0 unspecified atom stereocenters. The van der Waals surface area contributed by atoms with E-state index in [0.717, 1.165) is 24.8 Å². The normalized spacial score (nSPS) is 12.9. The Hall–Kier alpha value is 0.0500. The van der Waals surface area contributed by atoms with Gasteiger partial charge in [-0.05, 0) is 24.1 Å². The van der Waals surface area contributed by atoms with Crippen molar-refractivity contribution in [2.24, 2.45) is 5.73 Å². The Labute approximate surface area is 106 Å². The zero-order valence-electron chi connectivity index (χ0n) is 8.56. The van der Waals surface area contributed by atoms with Gasteiger partial charge in [-0.25, -0.2) is 0 Å². The van der Waals surface area contributed by atoms with E-state index in [1.807, 2.05) is 0 Å². The first-order valence-electron chi connectivity index (χ1n) is 4.96. The molecule has 84 valence electrons. The highest BCUT2D eigenvalue weighted by Gasteiger charge is 2.13. The van der Waals surface area contributed by atoms with Crippen LogP contribution in [0.25, 0.3) is 0 Å². The van der Waals surface area contributed by atoms with Crippen molar-refractivity contribution in [1.82, 2.24) is 0 Å². The number of hydrogen-bond acceptors (Lipinski definition) is 1. The highest BCUT2D eigenvalue weighted by atomic mass is 35.5. The van der Waals surface area contributed by atoms with Crippen LogP contribution in [-0.4, -0.2) is 0 Å². The molecule has 0 aliphatic rings. The molecule has 1 atom stereocenters. The molecule has 1 aromatic rings. The second-order valence-corrected chi connectivity index (χ2v) is 4.76. The Morgan fingerprint density at radius 3 is 2.53 bits per heavy atom. The number of hydrogen-bond donors (Lipinski definition) is 1. The molecule has 0 fully saturated rings. The summed E-state index contributed by atoms with van der Waals surface area (Å²) in [7, 11) is 0. The third kappa shape index (κ3) is 3.53. The molecular weight excluding hydrogens is 252 g/mol. The molecule has 0 saturated heterocycles. The lowest BCUT2D eigenvalue weighted by Crippen LogP contribution is -2.10. The Morgan fingerprint density at radius 1 is 1.27 bits per heavy atom. The first-order chi connectivity index (χ1) is 7.06. The quantitative estimate of drug-likeness (QED) is 0.776. The van der Waals surface area contributed by atoms with Gasteiger partial charge in [0.2, 0.25) is 0 Å². The molecule has 1 aromatic carbocycles. The average molecular weight is 267 g/mol. The summed E-state index contributed by atoms with van der Waals surface area (Å²) in [6.07, 6.45) is 3.08. The van der Waals surface area contributed by atoms with Gasteiger partial charge in [0.25, 0.3) is 0 Å². The molecule has 1 nitrogen and oxygen atoms in total. The topological polar surface area (TPSA) is 26.0 Å². The molecule has 4 heteroatoms. The van der Waals surface area contributed by atoms with E-state index in [-0.39, 0.29) is 6.04 Å². The Morgan fingerprint density at radius 2 is 1.93 bits per heavy atom. The second kappa shape index (κ2) is 5.95. The number of unbranched alkanes of at least 4 members (excludes halogenated alkanes) is 1. The molecule has 0 saturated carbocycles. The van der Waals surface area contributed by atoms with Gasteiger partial charge in [-0.15, -0.1) is 0 Å². The summed E-state index contributed by atoms with van der Waals surface area (Å²) >= 11 is 17.9. The number of rotatable bonds is 4. The molecule has 0 aliphatic heterocycles. The van der Waals surface area contributed by atoms with E-state index in [1.165, 1.54) is 0 Å². The predicted molar refractivity (Wildman–Crippen MR) is 67.9 cm³/mol. The molecular formula is C11H14Cl3N. The minimum atomic E-state index is -0.0892. The Balaban J connectivity index is 2.92. The predicted octanol–water partition coefficient (Wildman–Crippen LogP) is 4.84. The fourth-order valence-corrected chi connectivity index (χ4v) is 2.18. The molecule has 1 rings (SSSR count). The van der Waals surface area contributed by atoms with Crippen LogP contribution in [0.4, 0.5) is 0 Å². The van der Waals surface area contributed by atoms with E-state index < -0.39 is 0 Å². The van der Waals surface area contributed by atoms with Gasteiger partial charge < -0.3 is 5.73 Å². The molecule has 0 amide bonds. The van der Waals surface area contributed by atoms with Crippen LogP contribution < -0.4 is 5.73 Å². The van der Waals surface area contributed by atoms with Crippen molar-refractivity contribution >= 4 is 34.8 Å². The molecule has 0 aliphatic carbocycles. The molecule has 15 heavy (non-hydrogen) atoms. The summed E-state index contributed by atoms with van der Waals surface area (Å²) in [6, 6.07) is 3.33. The molecule has 0 radical (unpaired) electrons. The van der Waals surface area contributed by atoms with Crippen LogP contribution in [-0.2, 0) is 0 Å². The van der Waals surface area contributed by atoms with Gasteiger partial charge in [0.05, 0.1) is 10.0 Å². The van der Waals surface area contributed by atoms with Gasteiger partial charge in [0, 0.05) is 11.1 Å². The van der Waals surface area contributed by atoms with Crippen molar-refractivity contribution in [3.8, 4) is 0 Å². The maximum Gasteiger partial charge on any atom is 0.0641 e. The summed E-state index contributed by atoms with van der Waals surface area (Å²) in [5.41, 5.74) is 6.85. The Kier molecular flexibility index (Phi) is 5.20. The van der Waals surface area contributed by atoms with Gasteiger partial charge in [0.1, 0.15) is 0 Å².